The number of benzene rings is 1. The molecule has 0 saturated carbocycles. The van der Waals surface area contributed by atoms with Gasteiger partial charge in [-0.25, -0.2) is 0 Å². The van der Waals surface area contributed by atoms with Crippen LogP contribution in [0, 0.1) is 0 Å². The molecule has 0 amide bonds. The quantitative estimate of drug-likeness (QED) is 0.840. The van der Waals surface area contributed by atoms with E-state index in [1.807, 2.05) is 12.1 Å². The van der Waals surface area contributed by atoms with Crippen LogP contribution in [0.4, 0.5) is 0 Å². The first-order chi connectivity index (χ1) is 8.70. The van der Waals surface area contributed by atoms with Gasteiger partial charge in [-0.3, -0.25) is 4.90 Å². The number of hydrogen-bond acceptors (Lipinski definition) is 3. The van der Waals surface area contributed by atoms with Crippen molar-refractivity contribution in [3.8, 4) is 5.75 Å². The molecule has 2 N–H and O–H groups in total. The van der Waals surface area contributed by atoms with Gasteiger partial charge in [0.15, 0.2) is 0 Å². The van der Waals surface area contributed by atoms with Crippen LogP contribution in [-0.2, 0) is 0 Å². The molecule has 1 fully saturated rings. The van der Waals surface area contributed by atoms with Gasteiger partial charge in [0.05, 0.1) is 0 Å². The predicted molar refractivity (Wildman–Crippen MR) is 74.8 cm³/mol. The molecule has 1 saturated heterocycles. The summed E-state index contributed by atoms with van der Waals surface area (Å²) in [7, 11) is 0. The van der Waals surface area contributed by atoms with Gasteiger partial charge >= 0.3 is 0 Å². The van der Waals surface area contributed by atoms with E-state index in [1.165, 1.54) is 19.4 Å². The third kappa shape index (κ3) is 3.24. The zero-order chi connectivity index (χ0) is 13.0. The summed E-state index contributed by atoms with van der Waals surface area (Å²) >= 11 is 0. The molecular weight excluding hydrogens is 224 g/mol. The second kappa shape index (κ2) is 6.21. The second-order valence-corrected chi connectivity index (χ2v) is 5.15. The molecule has 2 rings (SSSR count). The Kier molecular flexibility index (Phi) is 4.61. The van der Waals surface area contributed by atoms with E-state index in [0.717, 1.165) is 18.7 Å². The zero-order valence-electron chi connectivity index (χ0n) is 11.4. The Hall–Kier alpha value is -1.06. The average Bonchev–Trinajstić information content (AvgIpc) is 2.83. The van der Waals surface area contributed by atoms with E-state index in [9.17, 15) is 5.11 Å². The SMILES string of the molecule is CCN1CCCC1CNC(C)c1cccc(O)c1. The number of phenolic OH excluding ortho intramolecular Hbond substituents is 1. The lowest BCUT2D eigenvalue weighted by atomic mass is 10.1. The molecule has 2 unspecified atom stereocenters. The molecule has 1 aliphatic heterocycles. The van der Waals surface area contributed by atoms with Crippen molar-refractivity contribution < 1.29 is 5.11 Å². The number of aromatic hydroxyl groups is 1. The molecule has 1 aromatic carbocycles. The van der Waals surface area contributed by atoms with Crippen LogP contribution in [0.15, 0.2) is 24.3 Å². The van der Waals surface area contributed by atoms with Crippen LogP contribution in [0.1, 0.15) is 38.3 Å². The molecule has 1 aromatic rings. The Balaban J connectivity index is 1.86. The first-order valence-electron chi connectivity index (χ1n) is 6.97. The number of nitrogens with one attached hydrogen (secondary N) is 1. The van der Waals surface area contributed by atoms with Crippen LogP contribution in [0.5, 0.6) is 5.75 Å². The summed E-state index contributed by atoms with van der Waals surface area (Å²) in [6.45, 7) is 7.80. The minimum absolute atomic E-state index is 0.288. The Bertz CT molecular complexity index is 381. The van der Waals surface area contributed by atoms with Crippen LogP contribution < -0.4 is 5.32 Å². The van der Waals surface area contributed by atoms with E-state index >= 15 is 0 Å². The molecule has 0 aromatic heterocycles. The monoisotopic (exact) mass is 248 g/mol. The maximum absolute atomic E-state index is 9.49. The summed E-state index contributed by atoms with van der Waals surface area (Å²) in [6, 6.07) is 8.47. The number of likely N-dealkylation sites (tertiary alicyclic amines) is 1. The third-order valence-corrected chi connectivity index (χ3v) is 3.94. The highest BCUT2D eigenvalue weighted by Gasteiger charge is 2.22. The van der Waals surface area contributed by atoms with Gasteiger partial charge < -0.3 is 10.4 Å². The van der Waals surface area contributed by atoms with Crippen LogP contribution in [0.2, 0.25) is 0 Å². The van der Waals surface area contributed by atoms with Gasteiger partial charge in [0.25, 0.3) is 0 Å². The van der Waals surface area contributed by atoms with E-state index in [4.69, 9.17) is 0 Å². The first kappa shape index (κ1) is 13.4. The molecule has 2 atom stereocenters. The molecule has 1 heterocycles. The summed E-state index contributed by atoms with van der Waals surface area (Å²) in [5.74, 6) is 0.345. The van der Waals surface area contributed by atoms with E-state index in [0.29, 0.717) is 11.8 Å². The lowest BCUT2D eigenvalue weighted by Crippen LogP contribution is -2.38. The summed E-state index contributed by atoms with van der Waals surface area (Å²) in [5, 5.41) is 13.1. The molecule has 100 valence electrons. The normalized spacial score (nSPS) is 22.2. The highest BCUT2D eigenvalue weighted by Crippen LogP contribution is 2.20. The van der Waals surface area contributed by atoms with Crippen LogP contribution in [0.25, 0.3) is 0 Å². The minimum atomic E-state index is 0.288. The standard InChI is InChI=1S/C15H24N2O/c1-3-17-9-5-7-14(17)11-16-12(2)13-6-4-8-15(18)10-13/h4,6,8,10,12,14,16,18H,3,5,7,9,11H2,1-2H3. The third-order valence-electron chi connectivity index (χ3n) is 3.94. The lowest BCUT2D eigenvalue weighted by molar-refractivity contribution is 0.255. The number of rotatable bonds is 5. The summed E-state index contributed by atoms with van der Waals surface area (Å²) in [4.78, 5) is 2.54. The molecule has 3 nitrogen and oxygen atoms in total. The van der Waals surface area contributed by atoms with Gasteiger partial charge in [-0.2, -0.15) is 0 Å². The zero-order valence-corrected chi connectivity index (χ0v) is 11.4. The molecule has 0 spiro atoms. The van der Waals surface area contributed by atoms with Gasteiger partial charge in [-0.15, -0.1) is 0 Å². The van der Waals surface area contributed by atoms with Crippen molar-refractivity contribution in [2.75, 3.05) is 19.6 Å². The molecule has 18 heavy (non-hydrogen) atoms. The Morgan fingerprint density at radius 3 is 3.06 bits per heavy atom. The van der Waals surface area contributed by atoms with Crippen LogP contribution >= 0.6 is 0 Å². The van der Waals surface area contributed by atoms with Gasteiger partial charge in [0.1, 0.15) is 5.75 Å². The van der Waals surface area contributed by atoms with Crippen molar-refractivity contribution in [3.63, 3.8) is 0 Å². The van der Waals surface area contributed by atoms with Gasteiger partial charge in [0.2, 0.25) is 0 Å². The number of likely N-dealkylation sites (N-methyl/N-ethyl adjacent to an activating group) is 1. The van der Waals surface area contributed by atoms with Crippen molar-refractivity contribution in [3.05, 3.63) is 29.8 Å². The lowest BCUT2D eigenvalue weighted by Gasteiger charge is -2.25. The highest BCUT2D eigenvalue weighted by atomic mass is 16.3. The second-order valence-electron chi connectivity index (χ2n) is 5.15. The largest absolute Gasteiger partial charge is 0.508 e. The van der Waals surface area contributed by atoms with Crippen molar-refractivity contribution in [2.45, 2.75) is 38.8 Å². The maximum atomic E-state index is 9.49. The fourth-order valence-corrected chi connectivity index (χ4v) is 2.77. The summed E-state index contributed by atoms with van der Waals surface area (Å²) < 4.78 is 0. The molecular formula is C15H24N2O. The fourth-order valence-electron chi connectivity index (χ4n) is 2.77. The van der Waals surface area contributed by atoms with Crippen LogP contribution in [0.3, 0.4) is 0 Å². The summed E-state index contributed by atoms with van der Waals surface area (Å²) in [5.41, 5.74) is 1.15. The Morgan fingerprint density at radius 2 is 2.33 bits per heavy atom. The van der Waals surface area contributed by atoms with Crippen LogP contribution in [-0.4, -0.2) is 35.7 Å². The number of nitrogens with zero attached hydrogens (tertiary/aromatic N) is 1. The van der Waals surface area contributed by atoms with Gasteiger partial charge in [-0.1, -0.05) is 19.1 Å². The molecule has 1 aliphatic rings. The van der Waals surface area contributed by atoms with E-state index < -0.39 is 0 Å². The minimum Gasteiger partial charge on any atom is -0.508 e. The van der Waals surface area contributed by atoms with Gasteiger partial charge in [0, 0.05) is 18.6 Å². The number of phenols is 1. The fraction of sp³-hybridized carbons (Fsp3) is 0.600. The Labute approximate surface area is 110 Å². The first-order valence-corrected chi connectivity index (χ1v) is 6.97. The highest BCUT2D eigenvalue weighted by molar-refractivity contribution is 5.29. The smallest absolute Gasteiger partial charge is 0.115 e. The topological polar surface area (TPSA) is 35.5 Å². The molecule has 0 aliphatic carbocycles. The molecule has 0 bridgehead atoms. The average molecular weight is 248 g/mol. The van der Waals surface area contributed by atoms with Crippen molar-refractivity contribution in [2.24, 2.45) is 0 Å². The number of hydrogen-bond donors (Lipinski definition) is 2. The van der Waals surface area contributed by atoms with Crippen molar-refractivity contribution in [1.29, 1.82) is 0 Å². The van der Waals surface area contributed by atoms with E-state index in [1.54, 1.807) is 6.07 Å². The predicted octanol–water partition coefficient (Wildman–Crippen LogP) is 2.53. The summed E-state index contributed by atoms with van der Waals surface area (Å²) in [6.07, 6.45) is 2.62. The van der Waals surface area contributed by atoms with Gasteiger partial charge in [-0.05, 0) is 50.6 Å². The Morgan fingerprint density at radius 1 is 1.50 bits per heavy atom. The van der Waals surface area contributed by atoms with E-state index in [2.05, 4.69) is 30.1 Å². The van der Waals surface area contributed by atoms with Crippen molar-refractivity contribution in [1.82, 2.24) is 10.2 Å². The molecule has 3 heteroatoms. The van der Waals surface area contributed by atoms with Crippen molar-refractivity contribution >= 4 is 0 Å². The molecule has 0 radical (unpaired) electrons. The van der Waals surface area contributed by atoms with E-state index in [-0.39, 0.29) is 6.04 Å². The maximum Gasteiger partial charge on any atom is 0.115 e.